The van der Waals surface area contributed by atoms with Crippen LogP contribution in [0.2, 0.25) is 0 Å². The Hall–Kier alpha value is -1.95. The van der Waals surface area contributed by atoms with Gasteiger partial charge in [-0.15, -0.1) is 0 Å². The van der Waals surface area contributed by atoms with Crippen LogP contribution in [0.25, 0.3) is 0 Å². The number of rotatable bonds is 3. The molecule has 2 aliphatic rings. The van der Waals surface area contributed by atoms with Crippen molar-refractivity contribution >= 4 is 11.8 Å². The maximum absolute atomic E-state index is 13.3. The molecule has 136 valence electrons. The Kier molecular flexibility index (Phi) is 5.08. The summed E-state index contributed by atoms with van der Waals surface area (Å²) in [6.45, 7) is 3.94. The molecule has 1 aromatic carbocycles. The van der Waals surface area contributed by atoms with Gasteiger partial charge in [-0.2, -0.15) is 0 Å². The van der Waals surface area contributed by atoms with E-state index in [2.05, 4.69) is 0 Å². The molecule has 2 heterocycles. The molecule has 1 N–H and O–H groups in total. The number of aliphatic hydroxyl groups excluding tert-OH is 1. The number of likely N-dealkylation sites (tertiary alicyclic amines) is 2. The van der Waals surface area contributed by atoms with Crippen molar-refractivity contribution in [2.45, 2.75) is 38.7 Å². The molecule has 0 aliphatic carbocycles. The number of carbonyl (C=O) groups excluding carboxylic acids is 2. The van der Waals surface area contributed by atoms with E-state index in [9.17, 15) is 19.1 Å². The Bertz CT molecular complexity index is 654. The highest BCUT2D eigenvalue weighted by molar-refractivity contribution is 5.94. The summed E-state index contributed by atoms with van der Waals surface area (Å²) in [6, 6.07) is 5.79. The average molecular weight is 348 g/mol. The predicted octanol–water partition coefficient (Wildman–Crippen LogP) is 2.05. The number of piperidine rings is 2. The van der Waals surface area contributed by atoms with Crippen LogP contribution in [-0.2, 0) is 4.79 Å². The SMILES string of the molecule is C[C@H](O)CN1CC2(CCC1=O)CCN(C(=O)c1cccc(F)c1)CC2. The molecule has 2 fully saturated rings. The first-order valence-electron chi connectivity index (χ1n) is 8.89. The molecule has 0 saturated carbocycles. The lowest BCUT2D eigenvalue weighted by Gasteiger charge is -2.47. The molecule has 2 aliphatic heterocycles. The third-order valence-corrected chi connectivity index (χ3v) is 5.42. The Labute approximate surface area is 147 Å². The molecular formula is C19H25FN2O3. The van der Waals surface area contributed by atoms with Gasteiger partial charge in [0.05, 0.1) is 6.10 Å². The molecule has 6 heteroatoms. The zero-order valence-corrected chi connectivity index (χ0v) is 14.6. The minimum atomic E-state index is -0.534. The van der Waals surface area contributed by atoms with Gasteiger partial charge in [-0.05, 0) is 49.8 Å². The van der Waals surface area contributed by atoms with E-state index in [1.54, 1.807) is 28.9 Å². The average Bonchev–Trinajstić information content (AvgIpc) is 2.58. The Morgan fingerprint density at radius 2 is 2.04 bits per heavy atom. The van der Waals surface area contributed by atoms with Crippen LogP contribution in [0.4, 0.5) is 4.39 Å². The molecule has 2 amide bonds. The van der Waals surface area contributed by atoms with Gasteiger partial charge >= 0.3 is 0 Å². The number of β-amino-alcohol motifs (C(OH)–C–C–N with tert-alkyl or cyclic N) is 1. The van der Waals surface area contributed by atoms with Gasteiger partial charge in [0.1, 0.15) is 5.82 Å². The van der Waals surface area contributed by atoms with Gasteiger partial charge in [0.2, 0.25) is 5.91 Å². The van der Waals surface area contributed by atoms with E-state index in [-0.39, 0.29) is 17.2 Å². The first kappa shape index (κ1) is 17.9. The van der Waals surface area contributed by atoms with Gasteiger partial charge in [-0.3, -0.25) is 9.59 Å². The first-order chi connectivity index (χ1) is 11.9. The van der Waals surface area contributed by atoms with E-state index < -0.39 is 11.9 Å². The largest absolute Gasteiger partial charge is 0.392 e. The summed E-state index contributed by atoms with van der Waals surface area (Å²) >= 11 is 0. The monoisotopic (exact) mass is 348 g/mol. The Morgan fingerprint density at radius 1 is 1.32 bits per heavy atom. The fourth-order valence-corrected chi connectivity index (χ4v) is 3.98. The van der Waals surface area contributed by atoms with Crippen LogP contribution in [0.1, 0.15) is 43.0 Å². The number of hydrogen-bond acceptors (Lipinski definition) is 3. The molecule has 5 nitrogen and oxygen atoms in total. The molecule has 1 spiro atoms. The standard InChI is InChI=1S/C19H25FN2O3/c1-14(23)12-22-13-19(6-5-17(22)24)7-9-21(10-8-19)18(25)15-3-2-4-16(20)11-15/h2-4,11,14,23H,5-10,12-13H2,1H3/t14-/m0/s1. The highest BCUT2D eigenvalue weighted by atomic mass is 19.1. The van der Waals surface area contributed by atoms with E-state index in [1.165, 1.54) is 12.1 Å². The number of hydrogen-bond donors (Lipinski definition) is 1. The number of halogens is 1. The van der Waals surface area contributed by atoms with Crippen LogP contribution in [0.5, 0.6) is 0 Å². The molecule has 2 saturated heterocycles. The lowest BCUT2D eigenvalue weighted by molar-refractivity contribution is -0.140. The van der Waals surface area contributed by atoms with Crippen molar-refractivity contribution in [2.75, 3.05) is 26.2 Å². The van der Waals surface area contributed by atoms with Crippen LogP contribution in [-0.4, -0.2) is 59.0 Å². The summed E-state index contributed by atoms with van der Waals surface area (Å²) < 4.78 is 13.3. The van der Waals surface area contributed by atoms with Gasteiger partial charge in [0.25, 0.3) is 5.91 Å². The fraction of sp³-hybridized carbons (Fsp3) is 0.579. The van der Waals surface area contributed by atoms with E-state index in [0.717, 1.165) is 19.3 Å². The summed E-state index contributed by atoms with van der Waals surface area (Å²) in [7, 11) is 0. The van der Waals surface area contributed by atoms with E-state index in [1.807, 2.05) is 0 Å². The number of aliphatic hydroxyl groups is 1. The van der Waals surface area contributed by atoms with Crippen molar-refractivity contribution in [1.82, 2.24) is 9.80 Å². The molecule has 1 atom stereocenters. The summed E-state index contributed by atoms with van der Waals surface area (Å²) in [6.07, 6.45) is 2.47. The number of carbonyl (C=O) groups is 2. The molecule has 1 aromatic rings. The van der Waals surface area contributed by atoms with Crippen LogP contribution in [0, 0.1) is 11.2 Å². The maximum atomic E-state index is 13.3. The molecule has 0 aromatic heterocycles. The quantitative estimate of drug-likeness (QED) is 0.909. The minimum Gasteiger partial charge on any atom is -0.392 e. The van der Waals surface area contributed by atoms with Gasteiger partial charge in [-0.1, -0.05) is 6.07 Å². The van der Waals surface area contributed by atoms with E-state index in [4.69, 9.17) is 0 Å². The van der Waals surface area contributed by atoms with E-state index in [0.29, 0.717) is 38.2 Å². The number of benzene rings is 1. The second-order valence-corrected chi connectivity index (χ2v) is 7.43. The van der Waals surface area contributed by atoms with Crippen LogP contribution in [0.3, 0.4) is 0 Å². The molecule has 25 heavy (non-hydrogen) atoms. The summed E-state index contributed by atoms with van der Waals surface area (Å²) in [5.74, 6) is -0.439. The van der Waals surface area contributed by atoms with Crippen molar-refractivity contribution in [3.05, 3.63) is 35.6 Å². The fourth-order valence-electron chi connectivity index (χ4n) is 3.98. The van der Waals surface area contributed by atoms with Crippen molar-refractivity contribution in [3.63, 3.8) is 0 Å². The topological polar surface area (TPSA) is 60.9 Å². The molecule has 0 unspecified atom stereocenters. The lowest BCUT2D eigenvalue weighted by atomic mass is 9.72. The van der Waals surface area contributed by atoms with Crippen LogP contribution >= 0.6 is 0 Å². The zero-order valence-electron chi connectivity index (χ0n) is 14.6. The van der Waals surface area contributed by atoms with Gasteiger partial charge in [0.15, 0.2) is 0 Å². The lowest BCUT2D eigenvalue weighted by Crippen LogP contribution is -2.53. The summed E-state index contributed by atoms with van der Waals surface area (Å²) in [4.78, 5) is 28.1. The number of nitrogens with zero attached hydrogens (tertiary/aromatic N) is 2. The third kappa shape index (κ3) is 4.00. The molecule has 0 bridgehead atoms. The van der Waals surface area contributed by atoms with Crippen LogP contribution < -0.4 is 0 Å². The van der Waals surface area contributed by atoms with Crippen LogP contribution in [0.15, 0.2) is 24.3 Å². The Morgan fingerprint density at radius 3 is 2.68 bits per heavy atom. The maximum Gasteiger partial charge on any atom is 0.253 e. The second kappa shape index (κ2) is 7.12. The third-order valence-electron chi connectivity index (χ3n) is 5.42. The molecule has 0 radical (unpaired) electrons. The smallest absolute Gasteiger partial charge is 0.253 e. The Balaban J connectivity index is 1.63. The normalized spacial score (nSPS) is 21.5. The minimum absolute atomic E-state index is 0.0293. The predicted molar refractivity (Wildman–Crippen MR) is 91.5 cm³/mol. The molecular weight excluding hydrogens is 323 g/mol. The van der Waals surface area contributed by atoms with Crippen molar-refractivity contribution in [3.8, 4) is 0 Å². The van der Waals surface area contributed by atoms with Gasteiger partial charge in [0, 0.05) is 38.2 Å². The number of amides is 2. The summed E-state index contributed by atoms with van der Waals surface area (Å²) in [5.41, 5.74) is 0.409. The first-order valence-corrected chi connectivity index (χ1v) is 8.89. The van der Waals surface area contributed by atoms with Crippen molar-refractivity contribution in [1.29, 1.82) is 0 Å². The van der Waals surface area contributed by atoms with Crippen molar-refractivity contribution in [2.24, 2.45) is 5.41 Å². The molecule has 3 rings (SSSR count). The highest BCUT2D eigenvalue weighted by Gasteiger charge is 2.41. The van der Waals surface area contributed by atoms with Crippen molar-refractivity contribution < 1.29 is 19.1 Å². The summed E-state index contributed by atoms with van der Waals surface area (Å²) in [5, 5.41) is 9.60. The second-order valence-electron chi connectivity index (χ2n) is 7.43. The van der Waals surface area contributed by atoms with E-state index >= 15 is 0 Å². The van der Waals surface area contributed by atoms with Gasteiger partial charge in [-0.25, -0.2) is 4.39 Å². The van der Waals surface area contributed by atoms with Gasteiger partial charge < -0.3 is 14.9 Å². The zero-order chi connectivity index (χ0) is 18.0. The highest BCUT2D eigenvalue weighted by Crippen LogP contribution is 2.40.